The minimum atomic E-state index is -1.25. The fourth-order valence-corrected chi connectivity index (χ4v) is 6.89. The third-order valence-corrected chi connectivity index (χ3v) is 10.4. The standard InChI is InChI=1S/C47H56N4O8/c1-5-31(4)42(43(54)46(57)49-28-39(52)26-37(44(48)55)24-34-20-21-35-18-12-13-19-36(35)23-34)51-45(56)38(22-30(2)3)27-41(53)40(25-32-14-8-6-9-15-32)50-47(58)59-29-33-16-10-7-11-17-33/h6-21,23,30-31,37-38,40,42H,5,22,24-29H2,1-4H3,(H2,48,55)(H,49,57)(H,50,58)(H,51,56). The van der Waals surface area contributed by atoms with Crippen LogP contribution in [0.4, 0.5) is 4.79 Å². The zero-order valence-corrected chi connectivity index (χ0v) is 34.3. The molecule has 5 unspecified atom stereocenters. The molecule has 5 atom stereocenters. The quantitative estimate of drug-likeness (QED) is 0.0675. The molecule has 12 nitrogen and oxygen atoms in total. The van der Waals surface area contributed by atoms with Crippen molar-refractivity contribution in [1.29, 1.82) is 0 Å². The number of nitrogens with two attached hydrogens (primary N) is 1. The van der Waals surface area contributed by atoms with E-state index in [1.165, 1.54) is 0 Å². The fraction of sp³-hybridized carbons (Fsp3) is 0.383. The smallest absolute Gasteiger partial charge is 0.408 e. The highest BCUT2D eigenvalue weighted by Crippen LogP contribution is 2.22. The fourth-order valence-electron chi connectivity index (χ4n) is 6.89. The Bertz CT molecular complexity index is 2070. The summed E-state index contributed by atoms with van der Waals surface area (Å²) in [6.07, 6.45) is -0.165. The van der Waals surface area contributed by atoms with E-state index in [1.807, 2.05) is 124 Å². The minimum Gasteiger partial charge on any atom is -0.445 e. The lowest BCUT2D eigenvalue weighted by Gasteiger charge is -2.27. The van der Waals surface area contributed by atoms with Crippen LogP contribution in [0.1, 0.15) is 70.1 Å². The second-order valence-electron chi connectivity index (χ2n) is 15.6. The normalized spacial score (nSPS) is 13.6. The Hall–Kier alpha value is -6.17. The first-order chi connectivity index (χ1) is 28.2. The lowest BCUT2D eigenvalue weighted by molar-refractivity contribution is -0.142. The maximum absolute atomic E-state index is 14.0. The number of hydrogen-bond acceptors (Lipinski definition) is 8. The summed E-state index contributed by atoms with van der Waals surface area (Å²) >= 11 is 0. The maximum atomic E-state index is 14.0. The van der Waals surface area contributed by atoms with Crippen LogP contribution >= 0.6 is 0 Å². The van der Waals surface area contributed by atoms with Crippen molar-refractivity contribution >= 4 is 51.9 Å². The Morgan fingerprint density at radius 1 is 0.678 bits per heavy atom. The summed E-state index contributed by atoms with van der Waals surface area (Å²) in [6.45, 7) is 6.82. The zero-order chi connectivity index (χ0) is 42.9. The van der Waals surface area contributed by atoms with Gasteiger partial charge in [-0.05, 0) is 58.6 Å². The maximum Gasteiger partial charge on any atom is 0.408 e. The monoisotopic (exact) mass is 804 g/mol. The van der Waals surface area contributed by atoms with E-state index >= 15 is 0 Å². The van der Waals surface area contributed by atoms with E-state index in [4.69, 9.17) is 10.5 Å². The highest BCUT2D eigenvalue weighted by molar-refractivity contribution is 6.38. The summed E-state index contributed by atoms with van der Waals surface area (Å²) in [5.41, 5.74) is 8.05. The molecule has 0 radical (unpaired) electrons. The average Bonchev–Trinajstić information content (AvgIpc) is 3.23. The summed E-state index contributed by atoms with van der Waals surface area (Å²) in [7, 11) is 0. The molecule has 0 fully saturated rings. The van der Waals surface area contributed by atoms with Gasteiger partial charge in [0.25, 0.3) is 5.91 Å². The number of ether oxygens (including phenoxy) is 1. The molecular formula is C47H56N4O8. The number of fused-ring (bicyclic) bond motifs is 1. The average molecular weight is 805 g/mol. The lowest BCUT2D eigenvalue weighted by Crippen LogP contribution is -2.53. The largest absolute Gasteiger partial charge is 0.445 e. The summed E-state index contributed by atoms with van der Waals surface area (Å²) in [4.78, 5) is 92.9. The summed E-state index contributed by atoms with van der Waals surface area (Å²) in [5, 5.41) is 9.82. The van der Waals surface area contributed by atoms with Crippen LogP contribution in [0.15, 0.2) is 103 Å². The van der Waals surface area contributed by atoms with Crippen molar-refractivity contribution in [2.24, 2.45) is 29.4 Å². The second kappa shape index (κ2) is 22.7. The Morgan fingerprint density at radius 3 is 1.93 bits per heavy atom. The number of alkyl carbamates (subject to hydrolysis) is 1. The number of Topliss-reactive ketones (excluding diaryl/α,β-unsaturated/α-hetero) is 3. The number of hydrogen-bond donors (Lipinski definition) is 4. The molecule has 0 saturated heterocycles. The van der Waals surface area contributed by atoms with Crippen LogP contribution in [0.2, 0.25) is 0 Å². The molecule has 59 heavy (non-hydrogen) atoms. The first-order valence-electron chi connectivity index (χ1n) is 20.2. The first-order valence-corrected chi connectivity index (χ1v) is 20.2. The number of amides is 4. The van der Waals surface area contributed by atoms with Gasteiger partial charge in [0.05, 0.1) is 18.6 Å². The van der Waals surface area contributed by atoms with Gasteiger partial charge in [-0.2, -0.15) is 0 Å². The molecule has 312 valence electrons. The number of benzene rings is 4. The molecule has 0 spiro atoms. The Morgan fingerprint density at radius 2 is 1.31 bits per heavy atom. The third-order valence-electron chi connectivity index (χ3n) is 10.4. The van der Waals surface area contributed by atoms with Gasteiger partial charge in [0.15, 0.2) is 11.6 Å². The topological polar surface area (TPSA) is 191 Å². The van der Waals surface area contributed by atoms with Crippen molar-refractivity contribution in [2.75, 3.05) is 6.54 Å². The molecule has 0 aliphatic rings. The molecule has 12 heteroatoms. The number of carbonyl (C=O) groups is 7. The van der Waals surface area contributed by atoms with Gasteiger partial charge in [0, 0.05) is 24.7 Å². The van der Waals surface area contributed by atoms with Gasteiger partial charge in [-0.15, -0.1) is 0 Å². The Balaban J connectivity index is 1.40. The molecule has 4 aromatic rings. The molecule has 0 aromatic heterocycles. The van der Waals surface area contributed by atoms with Crippen LogP contribution in [-0.2, 0) is 53.0 Å². The Kier molecular flexibility index (Phi) is 17.5. The molecule has 4 amide bonds. The first kappa shape index (κ1) is 45.5. The van der Waals surface area contributed by atoms with Gasteiger partial charge in [0.1, 0.15) is 6.61 Å². The SMILES string of the molecule is CCC(C)C(NC(=O)C(CC(=O)C(Cc1ccccc1)NC(=O)OCc1ccccc1)CC(C)C)C(=O)C(=O)NCC(=O)CC(Cc1ccc2ccccc2c1)C(N)=O. The van der Waals surface area contributed by atoms with Gasteiger partial charge in [-0.3, -0.25) is 28.8 Å². The van der Waals surface area contributed by atoms with Crippen LogP contribution in [-0.4, -0.2) is 59.8 Å². The van der Waals surface area contributed by atoms with E-state index in [0.29, 0.717) is 6.42 Å². The lowest BCUT2D eigenvalue weighted by atomic mass is 9.87. The highest BCUT2D eigenvalue weighted by Gasteiger charge is 2.35. The molecule has 4 rings (SSSR count). The van der Waals surface area contributed by atoms with Gasteiger partial charge < -0.3 is 26.4 Å². The minimum absolute atomic E-state index is 0.00401. The van der Waals surface area contributed by atoms with Crippen molar-refractivity contribution < 1.29 is 38.3 Å². The van der Waals surface area contributed by atoms with E-state index in [1.54, 1.807) is 6.92 Å². The summed E-state index contributed by atoms with van der Waals surface area (Å²) in [5.74, 6) is -6.35. The Labute approximate surface area is 346 Å². The number of carbonyl (C=O) groups excluding carboxylic acids is 7. The molecular weight excluding hydrogens is 749 g/mol. The summed E-state index contributed by atoms with van der Waals surface area (Å²) < 4.78 is 5.41. The molecule has 0 bridgehead atoms. The molecule has 0 saturated carbocycles. The van der Waals surface area contributed by atoms with E-state index in [0.717, 1.165) is 27.5 Å². The van der Waals surface area contributed by atoms with Gasteiger partial charge in [-0.1, -0.05) is 137 Å². The van der Waals surface area contributed by atoms with Crippen LogP contribution in [0.25, 0.3) is 10.8 Å². The molecule has 0 aliphatic heterocycles. The van der Waals surface area contributed by atoms with Crippen molar-refractivity contribution in [3.8, 4) is 0 Å². The van der Waals surface area contributed by atoms with Crippen molar-refractivity contribution in [1.82, 2.24) is 16.0 Å². The highest BCUT2D eigenvalue weighted by atomic mass is 16.5. The van der Waals surface area contributed by atoms with Crippen LogP contribution in [0, 0.1) is 23.7 Å². The van der Waals surface area contributed by atoms with Crippen LogP contribution < -0.4 is 21.7 Å². The van der Waals surface area contributed by atoms with E-state index < -0.39 is 77.5 Å². The second-order valence-corrected chi connectivity index (χ2v) is 15.6. The molecule has 0 aliphatic carbocycles. The number of nitrogens with one attached hydrogen (secondary N) is 3. The van der Waals surface area contributed by atoms with E-state index in [9.17, 15) is 33.6 Å². The molecule has 4 aromatic carbocycles. The van der Waals surface area contributed by atoms with Crippen molar-refractivity contribution in [3.63, 3.8) is 0 Å². The van der Waals surface area contributed by atoms with Gasteiger partial charge >= 0.3 is 6.09 Å². The van der Waals surface area contributed by atoms with Gasteiger partial charge in [0.2, 0.25) is 17.6 Å². The van der Waals surface area contributed by atoms with Crippen molar-refractivity contribution in [3.05, 3.63) is 120 Å². The van der Waals surface area contributed by atoms with Crippen LogP contribution in [0.3, 0.4) is 0 Å². The summed E-state index contributed by atoms with van der Waals surface area (Å²) in [6, 6.07) is 29.5. The molecule has 0 heterocycles. The number of primary amides is 1. The predicted molar refractivity (Wildman–Crippen MR) is 226 cm³/mol. The van der Waals surface area contributed by atoms with E-state index in [2.05, 4.69) is 16.0 Å². The zero-order valence-electron chi connectivity index (χ0n) is 34.3. The third kappa shape index (κ3) is 14.6. The predicted octanol–water partition coefficient (Wildman–Crippen LogP) is 5.82. The molecule has 5 N–H and O–H groups in total. The van der Waals surface area contributed by atoms with Crippen molar-refractivity contribution in [2.45, 2.75) is 84.9 Å². The number of rotatable bonds is 23. The van der Waals surface area contributed by atoms with Crippen LogP contribution in [0.5, 0.6) is 0 Å². The number of ketones is 3. The van der Waals surface area contributed by atoms with Gasteiger partial charge in [-0.25, -0.2) is 4.79 Å². The van der Waals surface area contributed by atoms with E-state index in [-0.39, 0.29) is 44.6 Å².